The summed E-state index contributed by atoms with van der Waals surface area (Å²) in [5.74, 6) is 0.719. The number of ketones is 1. The van der Waals surface area contributed by atoms with Gasteiger partial charge in [0.1, 0.15) is 5.40 Å². The zero-order valence-electron chi connectivity index (χ0n) is 8.86. The van der Waals surface area contributed by atoms with Crippen LogP contribution in [0.15, 0.2) is 24.3 Å². The number of hydrogen-bond donors (Lipinski definition) is 0. The highest BCUT2D eigenvalue weighted by Crippen LogP contribution is 2.15. The normalized spacial score (nSPS) is 10.0. The Kier molecular flexibility index (Phi) is 4.38. The standard InChI is InChI=1S/C12H13NOS/c1-9(2)10-3-5-11(6-4-10)12(14)7-15-8-13/h3-6,9H,7H2,1-2H3. The lowest BCUT2D eigenvalue weighted by atomic mass is 10.0. The summed E-state index contributed by atoms with van der Waals surface area (Å²) < 4.78 is 0. The third kappa shape index (κ3) is 3.41. The molecular weight excluding hydrogens is 206 g/mol. The van der Waals surface area contributed by atoms with E-state index < -0.39 is 0 Å². The number of nitriles is 1. The smallest absolute Gasteiger partial charge is 0.173 e. The van der Waals surface area contributed by atoms with Gasteiger partial charge in [0.25, 0.3) is 0 Å². The van der Waals surface area contributed by atoms with Crippen molar-refractivity contribution in [3.8, 4) is 5.40 Å². The highest BCUT2D eigenvalue weighted by atomic mass is 32.2. The zero-order chi connectivity index (χ0) is 11.3. The fourth-order valence-corrected chi connectivity index (χ4v) is 1.60. The molecule has 0 bridgehead atoms. The van der Waals surface area contributed by atoms with Gasteiger partial charge < -0.3 is 0 Å². The average molecular weight is 219 g/mol. The van der Waals surface area contributed by atoms with Crippen molar-refractivity contribution >= 4 is 17.5 Å². The molecule has 15 heavy (non-hydrogen) atoms. The number of rotatable bonds is 4. The first-order valence-corrected chi connectivity index (χ1v) is 5.77. The van der Waals surface area contributed by atoms with Gasteiger partial charge in [-0.05, 0) is 23.2 Å². The summed E-state index contributed by atoms with van der Waals surface area (Å²) in [6.45, 7) is 4.23. The van der Waals surface area contributed by atoms with Crippen LogP contribution in [0.25, 0.3) is 0 Å². The molecule has 1 aromatic carbocycles. The van der Waals surface area contributed by atoms with E-state index in [4.69, 9.17) is 5.26 Å². The van der Waals surface area contributed by atoms with Gasteiger partial charge in [-0.2, -0.15) is 5.26 Å². The molecule has 0 aliphatic carbocycles. The summed E-state index contributed by atoms with van der Waals surface area (Å²) >= 11 is 0.978. The first-order valence-electron chi connectivity index (χ1n) is 4.79. The Morgan fingerprint density at radius 2 is 2.00 bits per heavy atom. The van der Waals surface area contributed by atoms with Crippen molar-refractivity contribution in [1.29, 1.82) is 5.26 Å². The lowest BCUT2D eigenvalue weighted by molar-refractivity contribution is 0.102. The molecule has 78 valence electrons. The average Bonchev–Trinajstić information content (AvgIpc) is 2.26. The van der Waals surface area contributed by atoms with Gasteiger partial charge in [0.05, 0.1) is 5.75 Å². The summed E-state index contributed by atoms with van der Waals surface area (Å²) in [6.07, 6.45) is 0. The van der Waals surface area contributed by atoms with Gasteiger partial charge in [-0.3, -0.25) is 4.79 Å². The molecule has 0 saturated carbocycles. The maximum absolute atomic E-state index is 11.5. The van der Waals surface area contributed by atoms with Gasteiger partial charge >= 0.3 is 0 Å². The van der Waals surface area contributed by atoms with Gasteiger partial charge in [-0.15, -0.1) is 0 Å². The van der Waals surface area contributed by atoms with Crippen molar-refractivity contribution in [2.45, 2.75) is 19.8 Å². The number of thiocyanates is 1. The summed E-state index contributed by atoms with van der Waals surface area (Å²) in [4.78, 5) is 11.5. The van der Waals surface area contributed by atoms with Crippen molar-refractivity contribution in [2.75, 3.05) is 5.75 Å². The molecule has 0 atom stereocenters. The fourth-order valence-electron chi connectivity index (χ4n) is 1.24. The second-order valence-electron chi connectivity index (χ2n) is 3.58. The Labute approximate surface area is 94.3 Å². The van der Waals surface area contributed by atoms with Crippen LogP contribution in [0.1, 0.15) is 35.7 Å². The number of Topliss-reactive ketones (excluding diaryl/α,β-unsaturated/α-hetero) is 1. The number of benzene rings is 1. The van der Waals surface area contributed by atoms with E-state index in [1.807, 2.05) is 29.7 Å². The van der Waals surface area contributed by atoms with Gasteiger partial charge in [0, 0.05) is 5.56 Å². The van der Waals surface area contributed by atoms with E-state index in [2.05, 4.69) is 13.8 Å². The minimum Gasteiger partial charge on any atom is -0.293 e. The van der Waals surface area contributed by atoms with Crippen LogP contribution in [0.5, 0.6) is 0 Å². The van der Waals surface area contributed by atoms with Crippen molar-refractivity contribution < 1.29 is 4.79 Å². The number of thioether (sulfide) groups is 1. The van der Waals surface area contributed by atoms with Gasteiger partial charge in [-0.1, -0.05) is 38.1 Å². The number of carbonyl (C=O) groups is 1. The molecule has 0 radical (unpaired) electrons. The van der Waals surface area contributed by atoms with Crippen LogP contribution in [0.4, 0.5) is 0 Å². The Morgan fingerprint density at radius 3 is 2.47 bits per heavy atom. The molecule has 3 heteroatoms. The van der Waals surface area contributed by atoms with Crippen LogP contribution in [-0.2, 0) is 0 Å². The topological polar surface area (TPSA) is 40.9 Å². The summed E-state index contributed by atoms with van der Waals surface area (Å²) in [5.41, 5.74) is 1.90. The summed E-state index contributed by atoms with van der Waals surface area (Å²) in [5, 5.41) is 10.2. The molecule has 2 nitrogen and oxygen atoms in total. The highest BCUT2D eigenvalue weighted by molar-refractivity contribution is 8.04. The van der Waals surface area contributed by atoms with Crippen LogP contribution >= 0.6 is 11.8 Å². The molecule has 0 unspecified atom stereocenters. The lowest BCUT2D eigenvalue weighted by Crippen LogP contribution is -2.01. The van der Waals surface area contributed by atoms with Gasteiger partial charge in [-0.25, -0.2) is 0 Å². The van der Waals surface area contributed by atoms with E-state index in [9.17, 15) is 4.79 Å². The Hall–Kier alpha value is -1.27. The fraction of sp³-hybridized carbons (Fsp3) is 0.333. The quantitative estimate of drug-likeness (QED) is 0.576. The first-order chi connectivity index (χ1) is 7.15. The van der Waals surface area contributed by atoms with E-state index in [1.54, 1.807) is 0 Å². The monoisotopic (exact) mass is 219 g/mol. The largest absolute Gasteiger partial charge is 0.293 e. The third-order valence-corrected chi connectivity index (χ3v) is 2.70. The summed E-state index contributed by atoms with van der Waals surface area (Å²) in [7, 11) is 0. The third-order valence-electron chi connectivity index (χ3n) is 2.17. The van der Waals surface area contributed by atoms with E-state index in [-0.39, 0.29) is 11.5 Å². The van der Waals surface area contributed by atoms with Crippen molar-refractivity contribution in [1.82, 2.24) is 0 Å². The maximum atomic E-state index is 11.5. The second kappa shape index (κ2) is 5.57. The minimum atomic E-state index is 0.0110. The molecule has 0 N–H and O–H groups in total. The second-order valence-corrected chi connectivity index (χ2v) is 4.34. The Bertz CT molecular complexity index is 376. The molecule has 0 aromatic heterocycles. The molecule has 0 heterocycles. The minimum absolute atomic E-state index is 0.0110. The number of nitrogens with zero attached hydrogens (tertiary/aromatic N) is 1. The molecule has 0 saturated heterocycles. The molecule has 0 spiro atoms. The predicted octanol–water partition coefficient (Wildman–Crippen LogP) is 3.21. The van der Waals surface area contributed by atoms with Gasteiger partial charge in [0.2, 0.25) is 0 Å². The van der Waals surface area contributed by atoms with Crippen LogP contribution in [0.2, 0.25) is 0 Å². The highest BCUT2D eigenvalue weighted by Gasteiger charge is 2.06. The van der Waals surface area contributed by atoms with E-state index in [0.29, 0.717) is 11.5 Å². The molecular formula is C12H13NOS. The van der Waals surface area contributed by atoms with E-state index >= 15 is 0 Å². The van der Waals surface area contributed by atoms with Crippen molar-refractivity contribution in [2.24, 2.45) is 0 Å². The van der Waals surface area contributed by atoms with E-state index in [1.165, 1.54) is 5.56 Å². The molecule has 0 fully saturated rings. The first kappa shape index (κ1) is 11.8. The lowest BCUT2D eigenvalue weighted by Gasteiger charge is -2.05. The SMILES string of the molecule is CC(C)c1ccc(C(=O)CSC#N)cc1. The van der Waals surface area contributed by atoms with Gasteiger partial charge in [0.15, 0.2) is 5.78 Å². The Balaban J connectivity index is 2.72. The van der Waals surface area contributed by atoms with Crippen LogP contribution in [0, 0.1) is 10.7 Å². The number of carbonyl (C=O) groups excluding carboxylic acids is 1. The molecule has 1 aromatic rings. The van der Waals surface area contributed by atoms with Crippen molar-refractivity contribution in [3.63, 3.8) is 0 Å². The van der Waals surface area contributed by atoms with Crippen LogP contribution in [0.3, 0.4) is 0 Å². The van der Waals surface area contributed by atoms with E-state index in [0.717, 1.165) is 11.8 Å². The van der Waals surface area contributed by atoms with Crippen molar-refractivity contribution in [3.05, 3.63) is 35.4 Å². The molecule has 0 amide bonds. The maximum Gasteiger partial charge on any atom is 0.173 e. The molecule has 1 rings (SSSR count). The molecule has 0 aliphatic heterocycles. The predicted molar refractivity (Wildman–Crippen MR) is 62.9 cm³/mol. The Morgan fingerprint density at radius 1 is 1.40 bits per heavy atom. The van der Waals surface area contributed by atoms with Crippen LogP contribution in [-0.4, -0.2) is 11.5 Å². The molecule has 0 aliphatic rings. The van der Waals surface area contributed by atoms with Crippen LogP contribution < -0.4 is 0 Å². The number of hydrogen-bond acceptors (Lipinski definition) is 3. The zero-order valence-corrected chi connectivity index (χ0v) is 9.67. The summed E-state index contributed by atoms with van der Waals surface area (Å²) in [6, 6.07) is 7.59.